The van der Waals surface area contributed by atoms with Crippen LogP contribution >= 0.6 is 11.3 Å². The van der Waals surface area contributed by atoms with Crippen LogP contribution in [-0.4, -0.2) is 23.1 Å². The number of rotatable bonds is 5. The van der Waals surface area contributed by atoms with Crippen molar-refractivity contribution in [2.45, 2.75) is 51.6 Å². The number of carbonyl (C=O) groups excluding carboxylic acids is 1. The molecule has 21 heavy (non-hydrogen) atoms. The number of thiophene rings is 1. The molecule has 2 rings (SSSR count). The lowest BCUT2D eigenvalue weighted by Crippen LogP contribution is -2.48. The SMILES string of the molecule is CCc1ccc(CNC(=O)NC2CCCCC2C(=O)O)s1. The van der Waals surface area contributed by atoms with Crippen LogP contribution in [0.1, 0.15) is 42.4 Å². The number of carbonyl (C=O) groups is 2. The molecule has 1 aromatic rings. The molecule has 6 heteroatoms. The molecule has 1 saturated carbocycles. The predicted molar refractivity (Wildman–Crippen MR) is 82.5 cm³/mol. The molecule has 0 radical (unpaired) electrons. The number of carboxylic acid groups (broad SMARTS) is 1. The summed E-state index contributed by atoms with van der Waals surface area (Å²) in [5, 5.41) is 14.8. The fourth-order valence-electron chi connectivity index (χ4n) is 2.69. The first-order valence-corrected chi connectivity index (χ1v) is 8.26. The minimum Gasteiger partial charge on any atom is -0.481 e. The summed E-state index contributed by atoms with van der Waals surface area (Å²) in [5.41, 5.74) is 0. The highest BCUT2D eigenvalue weighted by molar-refractivity contribution is 7.11. The van der Waals surface area contributed by atoms with Crippen molar-refractivity contribution in [1.29, 1.82) is 0 Å². The van der Waals surface area contributed by atoms with Crippen molar-refractivity contribution < 1.29 is 14.7 Å². The zero-order valence-electron chi connectivity index (χ0n) is 12.2. The van der Waals surface area contributed by atoms with Crippen LogP contribution < -0.4 is 10.6 Å². The first-order chi connectivity index (χ1) is 10.1. The van der Waals surface area contributed by atoms with Gasteiger partial charge in [-0.3, -0.25) is 4.79 Å². The summed E-state index contributed by atoms with van der Waals surface area (Å²) in [4.78, 5) is 25.5. The molecule has 2 unspecified atom stereocenters. The standard InChI is InChI=1S/C15H22N2O3S/c1-2-10-7-8-11(21-10)9-16-15(20)17-13-6-4-3-5-12(13)14(18)19/h7-8,12-13H,2-6,9H2,1H3,(H,18,19)(H2,16,17,20). The molecule has 2 atom stereocenters. The Bertz CT molecular complexity index is 501. The molecule has 116 valence electrons. The highest BCUT2D eigenvalue weighted by atomic mass is 32.1. The van der Waals surface area contributed by atoms with Gasteiger partial charge in [0.1, 0.15) is 0 Å². The van der Waals surface area contributed by atoms with E-state index in [9.17, 15) is 14.7 Å². The number of urea groups is 1. The zero-order valence-corrected chi connectivity index (χ0v) is 13.0. The van der Waals surface area contributed by atoms with E-state index in [1.165, 1.54) is 4.88 Å². The van der Waals surface area contributed by atoms with Crippen molar-refractivity contribution in [2.75, 3.05) is 0 Å². The van der Waals surface area contributed by atoms with Crippen LogP contribution in [0, 0.1) is 5.92 Å². The van der Waals surface area contributed by atoms with Gasteiger partial charge in [-0.05, 0) is 31.4 Å². The van der Waals surface area contributed by atoms with Gasteiger partial charge in [0.15, 0.2) is 0 Å². The molecule has 1 fully saturated rings. The molecule has 1 aliphatic rings. The van der Waals surface area contributed by atoms with Gasteiger partial charge >= 0.3 is 12.0 Å². The Labute approximate surface area is 128 Å². The molecule has 0 spiro atoms. The van der Waals surface area contributed by atoms with E-state index in [-0.39, 0.29) is 12.1 Å². The molecule has 0 aliphatic heterocycles. The second-order valence-electron chi connectivity index (χ2n) is 5.38. The van der Waals surface area contributed by atoms with Crippen LogP contribution in [0.15, 0.2) is 12.1 Å². The van der Waals surface area contributed by atoms with Crippen molar-refractivity contribution in [3.8, 4) is 0 Å². The van der Waals surface area contributed by atoms with E-state index in [0.29, 0.717) is 13.0 Å². The van der Waals surface area contributed by atoms with E-state index in [1.54, 1.807) is 11.3 Å². The summed E-state index contributed by atoms with van der Waals surface area (Å²) in [6, 6.07) is 3.55. The first-order valence-electron chi connectivity index (χ1n) is 7.45. The van der Waals surface area contributed by atoms with E-state index in [2.05, 4.69) is 23.6 Å². The number of aliphatic carboxylic acids is 1. The molecule has 2 amide bonds. The van der Waals surface area contributed by atoms with Crippen LogP contribution in [0.2, 0.25) is 0 Å². The summed E-state index contributed by atoms with van der Waals surface area (Å²) in [6.45, 7) is 2.59. The Balaban J connectivity index is 1.81. The summed E-state index contributed by atoms with van der Waals surface area (Å²) >= 11 is 1.69. The third-order valence-electron chi connectivity index (χ3n) is 3.89. The number of carboxylic acids is 1. The molecule has 3 N–H and O–H groups in total. The summed E-state index contributed by atoms with van der Waals surface area (Å²) in [6.07, 6.45) is 4.28. The molecule has 0 saturated heterocycles. The second-order valence-corrected chi connectivity index (χ2v) is 6.64. The number of hydrogen-bond acceptors (Lipinski definition) is 3. The molecule has 1 heterocycles. The van der Waals surface area contributed by atoms with E-state index < -0.39 is 11.9 Å². The van der Waals surface area contributed by atoms with Gasteiger partial charge in [-0.15, -0.1) is 11.3 Å². The molecular formula is C15H22N2O3S. The Kier molecular flexibility index (Phi) is 5.61. The van der Waals surface area contributed by atoms with Gasteiger partial charge in [-0.1, -0.05) is 19.8 Å². The van der Waals surface area contributed by atoms with Gasteiger partial charge in [-0.25, -0.2) is 4.79 Å². The van der Waals surface area contributed by atoms with Crippen molar-refractivity contribution in [3.63, 3.8) is 0 Å². The van der Waals surface area contributed by atoms with Crippen molar-refractivity contribution >= 4 is 23.3 Å². The fourth-order valence-corrected chi connectivity index (χ4v) is 3.59. The minimum atomic E-state index is -0.814. The van der Waals surface area contributed by atoms with Gasteiger partial charge < -0.3 is 15.7 Å². The lowest BCUT2D eigenvalue weighted by Gasteiger charge is -2.29. The molecule has 1 aromatic heterocycles. The van der Waals surface area contributed by atoms with E-state index in [4.69, 9.17) is 0 Å². The Hall–Kier alpha value is -1.56. The van der Waals surface area contributed by atoms with Crippen molar-refractivity contribution in [3.05, 3.63) is 21.9 Å². The topological polar surface area (TPSA) is 78.4 Å². The Morgan fingerprint density at radius 1 is 1.29 bits per heavy atom. The highest BCUT2D eigenvalue weighted by Crippen LogP contribution is 2.24. The Morgan fingerprint density at radius 2 is 2.00 bits per heavy atom. The summed E-state index contributed by atoms with van der Waals surface area (Å²) in [5.74, 6) is -1.27. The third kappa shape index (κ3) is 4.46. The maximum absolute atomic E-state index is 11.9. The lowest BCUT2D eigenvalue weighted by atomic mass is 9.84. The molecular weight excluding hydrogens is 288 g/mol. The molecule has 5 nitrogen and oxygen atoms in total. The van der Waals surface area contributed by atoms with Crippen LogP contribution in [0.5, 0.6) is 0 Å². The van der Waals surface area contributed by atoms with E-state index in [1.807, 2.05) is 6.07 Å². The molecule has 1 aliphatic carbocycles. The van der Waals surface area contributed by atoms with Crippen LogP contribution in [0.4, 0.5) is 4.79 Å². The summed E-state index contributed by atoms with van der Waals surface area (Å²) < 4.78 is 0. The average molecular weight is 310 g/mol. The monoisotopic (exact) mass is 310 g/mol. The predicted octanol–water partition coefficient (Wildman–Crippen LogP) is 2.75. The third-order valence-corrected chi connectivity index (χ3v) is 5.12. The van der Waals surface area contributed by atoms with E-state index in [0.717, 1.165) is 30.6 Å². The number of hydrogen-bond donors (Lipinski definition) is 3. The van der Waals surface area contributed by atoms with Gasteiger partial charge in [0.2, 0.25) is 0 Å². The lowest BCUT2D eigenvalue weighted by molar-refractivity contribution is -0.143. The quantitative estimate of drug-likeness (QED) is 0.782. The second kappa shape index (κ2) is 7.45. The Morgan fingerprint density at radius 3 is 2.67 bits per heavy atom. The average Bonchev–Trinajstić information content (AvgIpc) is 2.93. The van der Waals surface area contributed by atoms with Gasteiger partial charge in [0.05, 0.1) is 12.5 Å². The maximum atomic E-state index is 11.9. The summed E-state index contributed by atoms with van der Waals surface area (Å²) in [7, 11) is 0. The first kappa shape index (κ1) is 15.8. The molecule has 0 aromatic carbocycles. The maximum Gasteiger partial charge on any atom is 0.315 e. The number of nitrogens with one attached hydrogen (secondary N) is 2. The van der Waals surface area contributed by atoms with E-state index >= 15 is 0 Å². The van der Waals surface area contributed by atoms with Gasteiger partial charge in [0.25, 0.3) is 0 Å². The van der Waals surface area contributed by atoms with Crippen LogP contribution in [0.3, 0.4) is 0 Å². The minimum absolute atomic E-state index is 0.259. The number of amides is 2. The van der Waals surface area contributed by atoms with Crippen LogP contribution in [-0.2, 0) is 17.8 Å². The highest BCUT2D eigenvalue weighted by Gasteiger charge is 2.31. The largest absolute Gasteiger partial charge is 0.481 e. The van der Waals surface area contributed by atoms with Gasteiger partial charge in [-0.2, -0.15) is 0 Å². The normalized spacial score (nSPS) is 21.8. The number of aryl methyl sites for hydroxylation is 1. The van der Waals surface area contributed by atoms with Crippen molar-refractivity contribution in [2.24, 2.45) is 5.92 Å². The zero-order chi connectivity index (χ0) is 15.2. The van der Waals surface area contributed by atoms with Crippen molar-refractivity contribution in [1.82, 2.24) is 10.6 Å². The fraction of sp³-hybridized carbons (Fsp3) is 0.600. The van der Waals surface area contributed by atoms with Gasteiger partial charge in [0, 0.05) is 15.8 Å². The molecule has 0 bridgehead atoms. The van der Waals surface area contributed by atoms with Crippen LogP contribution in [0.25, 0.3) is 0 Å². The smallest absolute Gasteiger partial charge is 0.315 e.